The number of aliphatic carboxylic acids is 1. The maximum atomic E-state index is 13.4. The summed E-state index contributed by atoms with van der Waals surface area (Å²) in [4.78, 5) is 24.8. The summed E-state index contributed by atoms with van der Waals surface area (Å²) in [5.74, 6) is -2.20. The van der Waals surface area contributed by atoms with E-state index in [9.17, 15) is 19.1 Å². The van der Waals surface area contributed by atoms with Crippen molar-refractivity contribution in [3.8, 4) is 0 Å². The Bertz CT molecular complexity index is 517. The summed E-state index contributed by atoms with van der Waals surface area (Å²) in [7, 11) is 0. The lowest BCUT2D eigenvalue weighted by Crippen LogP contribution is -2.53. The number of likely N-dealkylation sites (N-methyl/N-ethyl adjacent to an activating group) is 1. The second-order valence-corrected chi connectivity index (χ2v) is 5.31. The molecule has 0 atom stereocenters. The van der Waals surface area contributed by atoms with Crippen LogP contribution in [0.4, 0.5) is 4.39 Å². The fraction of sp³-hybridized carbons (Fsp3) is 0.385. The van der Waals surface area contributed by atoms with E-state index >= 15 is 0 Å². The molecule has 104 valence electrons. The lowest BCUT2D eigenvalue weighted by Gasteiger charge is -2.34. The summed E-state index contributed by atoms with van der Waals surface area (Å²) in [6, 6.07) is 4.09. The molecule has 0 saturated carbocycles. The van der Waals surface area contributed by atoms with Gasteiger partial charge in [0.05, 0.1) is 10.0 Å². The van der Waals surface area contributed by atoms with E-state index in [4.69, 9.17) is 0 Å². The molecule has 1 N–H and O–H groups in total. The number of carbonyl (C=O) groups is 2. The highest BCUT2D eigenvalue weighted by atomic mass is 79.9. The molecule has 0 aromatic heterocycles. The van der Waals surface area contributed by atoms with Gasteiger partial charge in [-0.2, -0.15) is 0 Å². The number of hydrogen-bond acceptors (Lipinski definition) is 2. The van der Waals surface area contributed by atoms with Gasteiger partial charge in [-0.25, -0.2) is 9.18 Å². The maximum absolute atomic E-state index is 13.4. The van der Waals surface area contributed by atoms with Gasteiger partial charge < -0.3 is 10.0 Å². The maximum Gasteiger partial charge on any atom is 0.329 e. The molecule has 6 heteroatoms. The van der Waals surface area contributed by atoms with Crippen molar-refractivity contribution >= 4 is 27.8 Å². The fourth-order valence-corrected chi connectivity index (χ4v) is 2.16. The first-order valence-electron chi connectivity index (χ1n) is 5.72. The summed E-state index contributed by atoms with van der Waals surface area (Å²) >= 11 is 3.01. The van der Waals surface area contributed by atoms with Crippen LogP contribution in [-0.4, -0.2) is 34.0 Å². The van der Waals surface area contributed by atoms with Gasteiger partial charge in [-0.3, -0.25) is 4.79 Å². The molecule has 0 saturated heterocycles. The van der Waals surface area contributed by atoms with E-state index < -0.39 is 23.2 Å². The van der Waals surface area contributed by atoms with Crippen LogP contribution in [0.15, 0.2) is 22.7 Å². The molecule has 0 fully saturated rings. The van der Waals surface area contributed by atoms with Crippen molar-refractivity contribution in [2.75, 3.05) is 6.54 Å². The van der Waals surface area contributed by atoms with Crippen molar-refractivity contribution in [1.82, 2.24) is 4.90 Å². The van der Waals surface area contributed by atoms with Crippen molar-refractivity contribution in [3.63, 3.8) is 0 Å². The first-order chi connectivity index (χ1) is 8.73. The van der Waals surface area contributed by atoms with Gasteiger partial charge in [0.1, 0.15) is 11.4 Å². The van der Waals surface area contributed by atoms with Gasteiger partial charge in [0, 0.05) is 6.54 Å². The summed E-state index contributed by atoms with van der Waals surface area (Å²) in [6.07, 6.45) is 0. The minimum absolute atomic E-state index is 0.0413. The Morgan fingerprint density at radius 2 is 2.00 bits per heavy atom. The van der Waals surface area contributed by atoms with E-state index in [1.165, 1.54) is 36.9 Å². The Balaban J connectivity index is 3.24. The molecule has 1 amide bonds. The van der Waals surface area contributed by atoms with Crippen molar-refractivity contribution < 1.29 is 19.1 Å². The Labute approximate surface area is 119 Å². The monoisotopic (exact) mass is 331 g/mol. The molecule has 4 nitrogen and oxygen atoms in total. The van der Waals surface area contributed by atoms with Gasteiger partial charge in [-0.1, -0.05) is 6.07 Å². The minimum Gasteiger partial charge on any atom is -0.480 e. The van der Waals surface area contributed by atoms with Gasteiger partial charge >= 0.3 is 5.97 Å². The SMILES string of the molecule is CCN(C(=O)c1cccc(F)c1Br)C(C)(C)C(=O)O. The van der Waals surface area contributed by atoms with Gasteiger partial charge in [-0.15, -0.1) is 0 Å². The van der Waals surface area contributed by atoms with Crippen LogP contribution < -0.4 is 0 Å². The third-order valence-corrected chi connectivity index (χ3v) is 3.75. The Kier molecular flexibility index (Phi) is 4.68. The zero-order chi connectivity index (χ0) is 14.8. The van der Waals surface area contributed by atoms with Crippen LogP contribution in [0.5, 0.6) is 0 Å². The summed E-state index contributed by atoms with van der Waals surface area (Å²) in [5, 5.41) is 9.18. The Hall–Kier alpha value is -1.43. The van der Waals surface area contributed by atoms with Gasteiger partial charge in [-0.05, 0) is 48.8 Å². The first kappa shape index (κ1) is 15.6. The van der Waals surface area contributed by atoms with Crippen molar-refractivity contribution in [2.24, 2.45) is 0 Å². The van der Waals surface area contributed by atoms with Crippen LogP contribution in [0.3, 0.4) is 0 Å². The lowest BCUT2D eigenvalue weighted by molar-refractivity contribution is -0.147. The number of carbonyl (C=O) groups excluding carboxylic acids is 1. The van der Waals surface area contributed by atoms with E-state index in [-0.39, 0.29) is 16.6 Å². The zero-order valence-corrected chi connectivity index (χ0v) is 12.5. The number of benzene rings is 1. The second kappa shape index (κ2) is 5.69. The predicted octanol–water partition coefficient (Wildman–Crippen LogP) is 2.91. The number of nitrogens with zero attached hydrogens (tertiary/aromatic N) is 1. The van der Waals surface area contributed by atoms with E-state index in [0.717, 1.165) is 0 Å². The predicted molar refractivity (Wildman–Crippen MR) is 72.5 cm³/mol. The molecule has 0 bridgehead atoms. The molecule has 0 unspecified atom stereocenters. The van der Waals surface area contributed by atoms with E-state index in [0.29, 0.717) is 0 Å². The van der Waals surface area contributed by atoms with Gasteiger partial charge in [0.15, 0.2) is 0 Å². The number of halogens is 2. The van der Waals surface area contributed by atoms with E-state index in [1.54, 1.807) is 6.92 Å². The van der Waals surface area contributed by atoms with Crippen LogP contribution in [0, 0.1) is 5.82 Å². The molecular weight excluding hydrogens is 317 g/mol. The van der Waals surface area contributed by atoms with Crippen LogP contribution >= 0.6 is 15.9 Å². The molecule has 0 spiro atoms. The molecule has 0 aliphatic carbocycles. The van der Waals surface area contributed by atoms with Crippen molar-refractivity contribution in [1.29, 1.82) is 0 Å². The third kappa shape index (κ3) is 2.94. The molecule has 1 rings (SSSR count). The molecule has 1 aromatic rings. The van der Waals surface area contributed by atoms with Gasteiger partial charge in [0.25, 0.3) is 5.91 Å². The molecule has 1 aromatic carbocycles. The topological polar surface area (TPSA) is 57.6 Å². The largest absolute Gasteiger partial charge is 0.480 e. The normalized spacial score (nSPS) is 11.2. The highest BCUT2D eigenvalue weighted by molar-refractivity contribution is 9.10. The van der Waals surface area contributed by atoms with Crippen molar-refractivity contribution in [2.45, 2.75) is 26.3 Å². The number of carboxylic acids is 1. The van der Waals surface area contributed by atoms with Crippen LogP contribution in [0.25, 0.3) is 0 Å². The number of carboxylic acid groups (broad SMARTS) is 1. The fourth-order valence-electron chi connectivity index (χ4n) is 1.72. The van der Waals surface area contributed by atoms with Crippen LogP contribution in [-0.2, 0) is 4.79 Å². The van der Waals surface area contributed by atoms with E-state index in [1.807, 2.05) is 0 Å². The highest BCUT2D eigenvalue weighted by Crippen LogP contribution is 2.25. The number of amides is 1. The average molecular weight is 332 g/mol. The number of hydrogen-bond donors (Lipinski definition) is 1. The second-order valence-electron chi connectivity index (χ2n) is 4.51. The lowest BCUT2D eigenvalue weighted by atomic mass is 10.0. The molecule has 19 heavy (non-hydrogen) atoms. The Morgan fingerprint density at radius 3 is 2.47 bits per heavy atom. The standard InChI is InChI=1S/C13H15BrFNO3/c1-4-16(13(2,3)12(18)19)11(17)8-6-5-7-9(15)10(8)14/h5-7H,4H2,1-3H3,(H,18,19). The molecule has 0 aliphatic heterocycles. The first-order valence-corrected chi connectivity index (χ1v) is 6.52. The zero-order valence-electron chi connectivity index (χ0n) is 10.9. The van der Waals surface area contributed by atoms with Crippen molar-refractivity contribution in [3.05, 3.63) is 34.1 Å². The summed E-state index contributed by atoms with van der Waals surface area (Å²) in [6.45, 7) is 4.75. The summed E-state index contributed by atoms with van der Waals surface area (Å²) in [5.41, 5.74) is -1.26. The van der Waals surface area contributed by atoms with Crippen LogP contribution in [0.2, 0.25) is 0 Å². The molecular formula is C13H15BrFNO3. The number of rotatable bonds is 4. The van der Waals surface area contributed by atoms with E-state index in [2.05, 4.69) is 15.9 Å². The quantitative estimate of drug-likeness (QED) is 0.922. The molecule has 0 aliphatic rings. The molecule has 0 heterocycles. The summed E-state index contributed by atoms with van der Waals surface area (Å²) < 4.78 is 13.5. The smallest absolute Gasteiger partial charge is 0.329 e. The Morgan fingerprint density at radius 1 is 1.42 bits per heavy atom. The van der Waals surface area contributed by atoms with Crippen LogP contribution in [0.1, 0.15) is 31.1 Å². The average Bonchev–Trinajstić information content (AvgIpc) is 2.32. The minimum atomic E-state index is -1.36. The van der Waals surface area contributed by atoms with Gasteiger partial charge in [0.2, 0.25) is 0 Å². The third-order valence-electron chi connectivity index (χ3n) is 2.94. The highest BCUT2D eigenvalue weighted by Gasteiger charge is 2.37. The molecule has 0 radical (unpaired) electrons.